The highest BCUT2D eigenvalue weighted by atomic mass is 79.9. The van der Waals surface area contributed by atoms with Gasteiger partial charge in [0.25, 0.3) is 0 Å². The summed E-state index contributed by atoms with van der Waals surface area (Å²) in [5, 5.41) is 0.906. The summed E-state index contributed by atoms with van der Waals surface area (Å²) >= 11 is 22.0. The van der Waals surface area contributed by atoms with E-state index in [1.54, 1.807) is 6.07 Å². The number of nitrogens with zero attached hydrogens (tertiary/aromatic N) is 2. The maximum atomic E-state index is 6.29. The number of benzene rings is 2. The second-order valence-electron chi connectivity index (χ2n) is 4.68. The molecule has 0 N–H and O–H groups in total. The maximum absolute atomic E-state index is 6.29. The molecule has 0 amide bonds. The number of fused-ring (bicyclic) bond motifs is 1. The van der Waals surface area contributed by atoms with Crippen molar-refractivity contribution in [1.29, 1.82) is 0 Å². The molecule has 1 heterocycles. The van der Waals surface area contributed by atoms with Crippen molar-refractivity contribution < 1.29 is 0 Å². The van der Waals surface area contributed by atoms with Gasteiger partial charge in [-0.05, 0) is 43.3 Å². The van der Waals surface area contributed by atoms with Gasteiger partial charge in [0.1, 0.15) is 5.82 Å². The van der Waals surface area contributed by atoms with Gasteiger partial charge in [0.2, 0.25) is 0 Å². The third kappa shape index (κ3) is 2.93. The van der Waals surface area contributed by atoms with Gasteiger partial charge in [-0.15, -0.1) is 11.6 Å². The molecule has 3 aromatic rings. The Labute approximate surface area is 145 Å². The van der Waals surface area contributed by atoms with Gasteiger partial charge >= 0.3 is 0 Å². The van der Waals surface area contributed by atoms with Crippen molar-refractivity contribution in [1.82, 2.24) is 9.55 Å². The van der Waals surface area contributed by atoms with Crippen LogP contribution in [0.15, 0.2) is 40.9 Å². The van der Waals surface area contributed by atoms with E-state index >= 15 is 0 Å². The van der Waals surface area contributed by atoms with Crippen LogP contribution in [0.25, 0.3) is 16.7 Å². The molecule has 6 heteroatoms. The molecule has 0 aliphatic rings. The standard InChI is InChI=1S/C15H10BrCl3N2/c1-8(17)15-20-13-4-9(16)2-3-14(13)21(15)12-6-10(18)5-11(19)7-12/h2-8H,1H3. The maximum Gasteiger partial charge on any atom is 0.132 e. The van der Waals surface area contributed by atoms with Crippen molar-refractivity contribution in [3.8, 4) is 5.69 Å². The normalized spacial score (nSPS) is 12.8. The Morgan fingerprint density at radius 2 is 1.76 bits per heavy atom. The molecule has 1 aromatic heterocycles. The van der Waals surface area contributed by atoms with Crippen molar-refractivity contribution >= 4 is 61.8 Å². The predicted octanol–water partition coefficient (Wildman–Crippen LogP) is 6.39. The van der Waals surface area contributed by atoms with Gasteiger partial charge in [0.05, 0.1) is 22.1 Å². The van der Waals surface area contributed by atoms with E-state index in [0.717, 1.165) is 27.0 Å². The summed E-state index contributed by atoms with van der Waals surface area (Å²) in [6.07, 6.45) is 0. The lowest BCUT2D eigenvalue weighted by Crippen LogP contribution is -2.02. The van der Waals surface area contributed by atoms with E-state index in [2.05, 4.69) is 20.9 Å². The lowest BCUT2D eigenvalue weighted by Gasteiger charge is -2.11. The first-order chi connectivity index (χ1) is 9.95. The molecule has 0 spiro atoms. The minimum Gasteiger partial charge on any atom is -0.295 e. The zero-order chi connectivity index (χ0) is 15.1. The van der Waals surface area contributed by atoms with E-state index in [1.807, 2.05) is 41.8 Å². The molecular weight excluding hydrogens is 394 g/mol. The Morgan fingerprint density at radius 1 is 1.10 bits per heavy atom. The van der Waals surface area contributed by atoms with Gasteiger partial charge in [0, 0.05) is 14.5 Å². The minimum atomic E-state index is -0.242. The van der Waals surface area contributed by atoms with Crippen molar-refractivity contribution in [2.45, 2.75) is 12.3 Å². The number of alkyl halides is 1. The van der Waals surface area contributed by atoms with Crippen LogP contribution in [0.4, 0.5) is 0 Å². The first kappa shape index (κ1) is 15.2. The number of imidazole rings is 1. The fourth-order valence-electron chi connectivity index (χ4n) is 2.28. The molecule has 0 aliphatic carbocycles. The van der Waals surface area contributed by atoms with Gasteiger partial charge in [-0.2, -0.15) is 0 Å². The van der Waals surface area contributed by atoms with E-state index in [9.17, 15) is 0 Å². The molecule has 21 heavy (non-hydrogen) atoms. The highest BCUT2D eigenvalue weighted by molar-refractivity contribution is 9.10. The summed E-state index contributed by atoms with van der Waals surface area (Å²) in [5.41, 5.74) is 2.67. The topological polar surface area (TPSA) is 17.8 Å². The van der Waals surface area contributed by atoms with Crippen LogP contribution in [0.2, 0.25) is 10.0 Å². The quantitative estimate of drug-likeness (QED) is 0.452. The molecule has 2 nitrogen and oxygen atoms in total. The molecule has 0 radical (unpaired) electrons. The van der Waals surface area contributed by atoms with Crippen LogP contribution in [-0.2, 0) is 0 Å². The van der Waals surface area contributed by atoms with Gasteiger partial charge in [-0.3, -0.25) is 4.57 Å². The van der Waals surface area contributed by atoms with Crippen LogP contribution in [0, 0.1) is 0 Å². The zero-order valence-corrected chi connectivity index (χ0v) is 14.8. The number of hydrogen-bond donors (Lipinski definition) is 0. The molecule has 2 aromatic carbocycles. The second kappa shape index (κ2) is 5.81. The highest BCUT2D eigenvalue weighted by Gasteiger charge is 2.17. The van der Waals surface area contributed by atoms with Gasteiger partial charge in [-0.25, -0.2) is 4.98 Å². The molecule has 1 unspecified atom stereocenters. The Bertz CT molecular complexity index is 807. The Hall–Kier alpha value is -0.740. The number of rotatable bonds is 2. The van der Waals surface area contributed by atoms with E-state index in [-0.39, 0.29) is 5.38 Å². The van der Waals surface area contributed by atoms with Crippen LogP contribution in [0.5, 0.6) is 0 Å². The van der Waals surface area contributed by atoms with Crippen molar-refractivity contribution in [3.05, 3.63) is 56.7 Å². The predicted molar refractivity (Wildman–Crippen MR) is 93.1 cm³/mol. The summed E-state index contributed by atoms with van der Waals surface area (Å²) in [4.78, 5) is 4.62. The van der Waals surface area contributed by atoms with Crippen molar-refractivity contribution in [3.63, 3.8) is 0 Å². The molecule has 0 saturated heterocycles. The Morgan fingerprint density at radius 3 is 2.38 bits per heavy atom. The molecule has 0 fully saturated rings. The third-order valence-electron chi connectivity index (χ3n) is 3.10. The molecule has 0 aliphatic heterocycles. The second-order valence-corrected chi connectivity index (χ2v) is 7.13. The average molecular weight is 405 g/mol. The molecule has 3 rings (SSSR count). The Kier molecular flexibility index (Phi) is 4.19. The van der Waals surface area contributed by atoms with Crippen LogP contribution < -0.4 is 0 Å². The smallest absolute Gasteiger partial charge is 0.132 e. The van der Waals surface area contributed by atoms with Gasteiger partial charge in [0.15, 0.2) is 0 Å². The monoisotopic (exact) mass is 402 g/mol. The summed E-state index contributed by atoms with van der Waals surface area (Å²) < 4.78 is 2.95. The highest BCUT2D eigenvalue weighted by Crippen LogP contribution is 2.31. The van der Waals surface area contributed by atoms with Gasteiger partial charge < -0.3 is 0 Å². The molecule has 1 atom stereocenters. The lowest BCUT2D eigenvalue weighted by atomic mass is 10.2. The van der Waals surface area contributed by atoms with Crippen LogP contribution in [-0.4, -0.2) is 9.55 Å². The first-order valence-corrected chi connectivity index (χ1v) is 8.22. The molecular formula is C15H10BrCl3N2. The summed E-state index contributed by atoms with van der Waals surface area (Å²) in [5.74, 6) is 0.753. The fraction of sp³-hybridized carbons (Fsp3) is 0.133. The largest absolute Gasteiger partial charge is 0.295 e. The first-order valence-electron chi connectivity index (χ1n) is 6.24. The number of halogens is 4. The van der Waals surface area contributed by atoms with E-state index in [1.165, 1.54) is 0 Å². The summed E-state index contributed by atoms with van der Waals surface area (Å²) in [6, 6.07) is 11.3. The summed E-state index contributed by atoms with van der Waals surface area (Å²) in [6.45, 7) is 1.89. The zero-order valence-electron chi connectivity index (χ0n) is 10.9. The van der Waals surface area contributed by atoms with Crippen molar-refractivity contribution in [2.75, 3.05) is 0 Å². The van der Waals surface area contributed by atoms with Crippen LogP contribution in [0.1, 0.15) is 18.1 Å². The minimum absolute atomic E-state index is 0.242. The Balaban J connectivity index is 2.36. The van der Waals surface area contributed by atoms with E-state index in [0.29, 0.717) is 10.0 Å². The molecule has 0 saturated carbocycles. The summed E-state index contributed by atoms with van der Waals surface area (Å²) in [7, 11) is 0. The van der Waals surface area contributed by atoms with Gasteiger partial charge in [-0.1, -0.05) is 39.1 Å². The third-order valence-corrected chi connectivity index (χ3v) is 4.23. The van der Waals surface area contributed by atoms with E-state index in [4.69, 9.17) is 34.8 Å². The average Bonchev–Trinajstić information content (AvgIpc) is 2.76. The van der Waals surface area contributed by atoms with Crippen LogP contribution in [0.3, 0.4) is 0 Å². The van der Waals surface area contributed by atoms with Crippen molar-refractivity contribution in [2.24, 2.45) is 0 Å². The van der Waals surface area contributed by atoms with Crippen LogP contribution >= 0.6 is 50.7 Å². The number of hydrogen-bond acceptors (Lipinski definition) is 1. The SMILES string of the molecule is CC(Cl)c1nc2cc(Br)ccc2n1-c1cc(Cl)cc(Cl)c1. The fourth-order valence-corrected chi connectivity index (χ4v) is 3.29. The molecule has 108 valence electrons. The van der Waals surface area contributed by atoms with E-state index < -0.39 is 0 Å². The number of aromatic nitrogens is 2. The molecule has 0 bridgehead atoms. The lowest BCUT2D eigenvalue weighted by molar-refractivity contribution is 0.882.